The molecule has 29 heavy (non-hydrogen) atoms. The van der Waals surface area contributed by atoms with E-state index in [1.807, 2.05) is 24.3 Å². The van der Waals surface area contributed by atoms with Crippen molar-refractivity contribution in [1.82, 2.24) is 5.48 Å². The molecule has 0 aromatic heterocycles. The minimum absolute atomic E-state index is 0.0827. The lowest BCUT2D eigenvalue weighted by Crippen LogP contribution is -2.34. The van der Waals surface area contributed by atoms with E-state index in [2.05, 4.69) is 52.2 Å². The Balaban J connectivity index is 2.10. The van der Waals surface area contributed by atoms with Gasteiger partial charge in [-0.05, 0) is 76.1 Å². The monoisotopic (exact) mass is 393 g/mol. The fraction of sp³-hybridized carbons (Fsp3) is 0.400. The summed E-state index contributed by atoms with van der Waals surface area (Å²) in [4.78, 5) is 10.8. The van der Waals surface area contributed by atoms with Gasteiger partial charge in [0.15, 0.2) is 0 Å². The summed E-state index contributed by atoms with van der Waals surface area (Å²) in [7, 11) is 0. The summed E-state index contributed by atoms with van der Waals surface area (Å²) in [5, 5.41) is 18.9. The minimum atomic E-state index is -0.984. The van der Waals surface area contributed by atoms with E-state index in [-0.39, 0.29) is 16.9 Å². The molecule has 4 heteroatoms. The van der Waals surface area contributed by atoms with Crippen LogP contribution in [-0.4, -0.2) is 16.3 Å². The van der Waals surface area contributed by atoms with Crippen molar-refractivity contribution in [2.24, 2.45) is 0 Å². The number of rotatable bonds is 5. The second-order valence-corrected chi connectivity index (χ2v) is 9.43. The number of benzene rings is 2. The number of hydrogen-bond acceptors (Lipinski definition) is 3. The van der Waals surface area contributed by atoms with Crippen LogP contribution in [0.3, 0.4) is 0 Å². The lowest BCUT2D eigenvalue weighted by molar-refractivity contribution is -0.131. The van der Waals surface area contributed by atoms with Crippen LogP contribution in [0.4, 0.5) is 0 Å². The van der Waals surface area contributed by atoms with Crippen molar-refractivity contribution in [1.29, 1.82) is 0 Å². The van der Waals surface area contributed by atoms with Gasteiger partial charge in [-0.3, -0.25) is 0 Å². The van der Waals surface area contributed by atoms with Crippen molar-refractivity contribution in [2.45, 2.75) is 64.3 Å². The molecule has 1 aliphatic carbocycles. The number of fused-ring (bicyclic) bond motifs is 1. The molecule has 0 heterocycles. The SMILES string of the molecule is Cc1cc2c(cc1C(NO)c1cccc(/C=C/C(=O)O)c1)C(C)(C)CCC2(C)C. The zero-order chi connectivity index (χ0) is 21.4. The number of nitrogens with one attached hydrogen (secondary N) is 1. The summed E-state index contributed by atoms with van der Waals surface area (Å²) in [6, 6.07) is 11.7. The second kappa shape index (κ2) is 7.77. The highest BCUT2D eigenvalue weighted by Gasteiger charge is 2.38. The van der Waals surface area contributed by atoms with Crippen LogP contribution in [0.5, 0.6) is 0 Å². The average Bonchev–Trinajstić information content (AvgIpc) is 2.66. The largest absolute Gasteiger partial charge is 0.478 e. The molecule has 2 aromatic carbocycles. The van der Waals surface area contributed by atoms with Gasteiger partial charge < -0.3 is 10.3 Å². The van der Waals surface area contributed by atoms with E-state index in [0.717, 1.165) is 41.2 Å². The molecule has 0 saturated carbocycles. The number of carboxylic acid groups (broad SMARTS) is 1. The number of carboxylic acids is 1. The van der Waals surface area contributed by atoms with Gasteiger partial charge in [0.05, 0.1) is 6.04 Å². The molecule has 0 radical (unpaired) electrons. The van der Waals surface area contributed by atoms with Gasteiger partial charge in [-0.1, -0.05) is 58.0 Å². The van der Waals surface area contributed by atoms with Crippen LogP contribution >= 0.6 is 0 Å². The standard InChI is InChI=1S/C25H31NO3/c1-16-13-20-21(25(4,5)12-11-24(20,2)3)15-19(16)23(26-29)18-8-6-7-17(14-18)9-10-22(27)28/h6-10,13-15,23,26,29H,11-12H2,1-5H3,(H,27,28)/b10-9+. The molecular formula is C25H31NO3. The fourth-order valence-corrected chi connectivity index (χ4v) is 4.38. The van der Waals surface area contributed by atoms with Crippen LogP contribution in [0.25, 0.3) is 6.08 Å². The molecule has 4 nitrogen and oxygen atoms in total. The van der Waals surface area contributed by atoms with Crippen LogP contribution in [0, 0.1) is 6.92 Å². The predicted molar refractivity (Wildman–Crippen MR) is 116 cm³/mol. The number of hydroxylamine groups is 1. The number of aliphatic carboxylic acids is 1. The Morgan fingerprint density at radius 3 is 2.28 bits per heavy atom. The maximum atomic E-state index is 10.8. The van der Waals surface area contributed by atoms with Crippen LogP contribution in [-0.2, 0) is 15.6 Å². The van der Waals surface area contributed by atoms with Crippen molar-refractivity contribution in [3.63, 3.8) is 0 Å². The fourth-order valence-electron chi connectivity index (χ4n) is 4.38. The number of carbonyl (C=O) groups is 1. The van der Waals surface area contributed by atoms with Gasteiger partial charge in [0.25, 0.3) is 0 Å². The first-order valence-electron chi connectivity index (χ1n) is 10.1. The van der Waals surface area contributed by atoms with E-state index < -0.39 is 5.97 Å². The summed E-state index contributed by atoms with van der Waals surface area (Å²) >= 11 is 0. The molecule has 0 saturated heterocycles. The number of aryl methyl sites for hydroxylation is 1. The first-order chi connectivity index (χ1) is 13.5. The van der Waals surface area contributed by atoms with Gasteiger partial charge in [0, 0.05) is 6.08 Å². The Morgan fingerprint density at radius 1 is 1.07 bits per heavy atom. The second-order valence-electron chi connectivity index (χ2n) is 9.43. The summed E-state index contributed by atoms with van der Waals surface area (Å²) in [5.41, 5.74) is 9.27. The normalized spacial score (nSPS) is 18.4. The molecule has 0 fully saturated rings. The smallest absolute Gasteiger partial charge is 0.328 e. The Kier molecular flexibility index (Phi) is 5.70. The first-order valence-corrected chi connectivity index (χ1v) is 10.1. The summed E-state index contributed by atoms with van der Waals surface area (Å²) < 4.78 is 0. The Bertz CT molecular complexity index is 957. The van der Waals surface area contributed by atoms with E-state index >= 15 is 0 Å². The molecule has 2 aromatic rings. The Labute approximate surface area is 173 Å². The lowest BCUT2D eigenvalue weighted by atomic mass is 9.62. The molecule has 1 atom stereocenters. The Hall–Kier alpha value is -2.43. The van der Waals surface area contributed by atoms with Crippen molar-refractivity contribution in [2.75, 3.05) is 0 Å². The molecule has 0 amide bonds. The van der Waals surface area contributed by atoms with Crippen molar-refractivity contribution in [3.05, 3.63) is 75.9 Å². The number of hydrogen-bond donors (Lipinski definition) is 3. The molecule has 3 rings (SSSR count). The van der Waals surface area contributed by atoms with Crippen LogP contribution in [0.2, 0.25) is 0 Å². The molecule has 0 bridgehead atoms. The minimum Gasteiger partial charge on any atom is -0.478 e. The van der Waals surface area contributed by atoms with Gasteiger partial charge in [-0.2, -0.15) is 5.48 Å². The summed E-state index contributed by atoms with van der Waals surface area (Å²) in [5.74, 6) is -0.984. The maximum absolute atomic E-state index is 10.8. The third-order valence-electron chi connectivity index (χ3n) is 6.34. The molecule has 3 N–H and O–H groups in total. The van der Waals surface area contributed by atoms with Gasteiger partial charge in [-0.25, -0.2) is 4.79 Å². The average molecular weight is 394 g/mol. The van der Waals surface area contributed by atoms with E-state index in [9.17, 15) is 10.0 Å². The van der Waals surface area contributed by atoms with Crippen LogP contribution < -0.4 is 5.48 Å². The third-order valence-corrected chi connectivity index (χ3v) is 6.34. The topological polar surface area (TPSA) is 69.6 Å². The lowest BCUT2D eigenvalue weighted by Gasteiger charge is -2.42. The molecular weight excluding hydrogens is 362 g/mol. The van der Waals surface area contributed by atoms with Crippen molar-refractivity contribution >= 4 is 12.0 Å². The van der Waals surface area contributed by atoms with E-state index in [1.165, 1.54) is 11.1 Å². The van der Waals surface area contributed by atoms with Gasteiger partial charge in [0.1, 0.15) is 0 Å². The molecule has 154 valence electrons. The highest BCUT2D eigenvalue weighted by atomic mass is 16.5. The molecule has 1 aliphatic rings. The molecule has 0 spiro atoms. The van der Waals surface area contributed by atoms with Crippen LogP contribution in [0.1, 0.15) is 80.0 Å². The van der Waals surface area contributed by atoms with E-state index in [1.54, 1.807) is 6.08 Å². The van der Waals surface area contributed by atoms with Crippen molar-refractivity contribution < 1.29 is 15.1 Å². The highest BCUT2D eigenvalue weighted by Crippen LogP contribution is 2.47. The highest BCUT2D eigenvalue weighted by molar-refractivity contribution is 5.85. The maximum Gasteiger partial charge on any atom is 0.328 e. The zero-order valence-corrected chi connectivity index (χ0v) is 17.9. The first kappa shape index (κ1) is 21.3. The summed E-state index contributed by atoms with van der Waals surface area (Å²) in [6.45, 7) is 11.3. The van der Waals surface area contributed by atoms with Gasteiger partial charge >= 0.3 is 5.97 Å². The predicted octanol–water partition coefficient (Wildman–Crippen LogP) is 5.51. The summed E-state index contributed by atoms with van der Waals surface area (Å²) in [6.07, 6.45) is 4.97. The van der Waals surface area contributed by atoms with E-state index in [0.29, 0.717) is 0 Å². The van der Waals surface area contributed by atoms with Crippen LogP contribution in [0.15, 0.2) is 42.5 Å². The van der Waals surface area contributed by atoms with E-state index in [4.69, 9.17) is 5.11 Å². The Morgan fingerprint density at radius 2 is 1.69 bits per heavy atom. The molecule has 1 unspecified atom stereocenters. The quantitative estimate of drug-likeness (QED) is 0.463. The van der Waals surface area contributed by atoms with Gasteiger partial charge in [0.2, 0.25) is 0 Å². The molecule has 0 aliphatic heterocycles. The van der Waals surface area contributed by atoms with Gasteiger partial charge in [-0.15, -0.1) is 0 Å². The van der Waals surface area contributed by atoms with Crippen molar-refractivity contribution in [3.8, 4) is 0 Å². The third kappa shape index (κ3) is 4.29. The zero-order valence-electron chi connectivity index (χ0n) is 17.9.